The first-order valence-electron chi connectivity index (χ1n) is 15.3. The highest BCUT2D eigenvalue weighted by Crippen LogP contribution is 2.75. The summed E-state index contributed by atoms with van der Waals surface area (Å²) in [6, 6.07) is 0. The highest BCUT2D eigenvalue weighted by atomic mass is 16.5. The van der Waals surface area contributed by atoms with Crippen molar-refractivity contribution < 1.29 is 19.4 Å². The van der Waals surface area contributed by atoms with Crippen LogP contribution in [0.1, 0.15) is 113 Å². The molecular formula is C34H52O4. The molecule has 0 aromatic carbocycles. The Morgan fingerprint density at radius 1 is 1.03 bits per heavy atom. The third-order valence-electron chi connectivity index (χ3n) is 13.6. The standard InChI is InChI=1S/C34H52O4/c1-9-10-19-38-28(37)31(5)16-15-30(4)17-18-33(7)22(23(30)21-31)20-24(35)27-32(6)13-12-26(36)29(2,3)25(32)11-14-34(27,33)8/h9,20,23,25-27,36H,1,10-19,21H2,2-8H3/t23-,25-,26-,27+,30+,31-,32-,33+,34+/m0/s1. The second-order valence-corrected chi connectivity index (χ2v) is 15.8. The number of carbonyl (C=O) groups excluding carboxylic acids is 2. The molecule has 0 heterocycles. The van der Waals surface area contributed by atoms with Crippen LogP contribution < -0.4 is 0 Å². The van der Waals surface area contributed by atoms with Gasteiger partial charge in [-0.15, -0.1) is 6.58 Å². The normalized spacial score (nSPS) is 49.5. The van der Waals surface area contributed by atoms with Gasteiger partial charge in [0.2, 0.25) is 0 Å². The molecule has 212 valence electrons. The number of ether oxygens (including phenoxy) is 1. The molecule has 4 fully saturated rings. The van der Waals surface area contributed by atoms with Crippen molar-refractivity contribution in [2.24, 2.45) is 50.2 Å². The number of ketones is 1. The minimum atomic E-state index is -0.515. The van der Waals surface area contributed by atoms with Crippen LogP contribution in [0, 0.1) is 50.2 Å². The maximum absolute atomic E-state index is 14.4. The van der Waals surface area contributed by atoms with Crippen molar-refractivity contribution in [3.8, 4) is 0 Å². The Morgan fingerprint density at radius 3 is 2.39 bits per heavy atom. The zero-order valence-electron chi connectivity index (χ0n) is 25.1. The summed E-state index contributed by atoms with van der Waals surface area (Å²) in [5.74, 6) is 0.777. The molecule has 0 aromatic heterocycles. The van der Waals surface area contributed by atoms with Crippen molar-refractivity contribution in [2.45, 2.75) is 119 Å². The SMILES string of the molecule is C=CCCOC(=O)[C@@]1(C)CC[C@]2(C)CC[C@]3(C)C(=CC(=O)[C@@H]4[C@@]5(C)CC[C@H](O)C(C)(C)[C@@H]5CC[C@]43C)[C@@H]2C1. The summed E-state index contributed by atoms with van der Waals surface area (Å²) in [4.78, 5) is 27.7. The van der Waals surface area contributed by atoms with Crippen molar-refractivity contribution in [1.82, 2.24) is 0 Å². The fourth-order valence-corrected chi connectivity index (χ4v) is 10.8. The molecule has 0 spiro atoms. The maximum Gasteiger partial charge on any atom is 0.311 e. The van der Waals surface area contributed by atoms with Crippen molar-refractivity contribution in [3.63, 3.8) is 0 Å². The third kappa shape index (κ3) is 3.63. The first kappa shape index (κ1) is 28.1. The number of aliphatic hydroxyl groups is 1. The van der Waals surface area contributed by atoms with Gasteiger partial charge in [-0.05, 0) is 116 Å². The molecule has 38 heavy (non-hydrogen) atoms. The zero-order valence-corrected chi connectivity index (χ0v) is 25.1. The lowest BCUT2D eigenvalue weighted by Gasteiger charge is -2.70. The van der Waals surface area contributed by atoms with Crippen molar-refractivity contribution in [3.05, 3.63) is 24.3 Å². The number of hydrogen-bond acceptors (Lipinski definition) is 4. The molecule has 0 aromatic rings. The molecule has 0 radical (unpaired) electrons. The van der Waals surface area contributed by atoms with Crippen LogP contribution >= 0.6 is 0 Å². The quantitative estimate of drug-likeness (QED) is 0.236. The minimum Gasteiger partial charge on any atom is -0.465 e. The molecule has 0 aliphatic heterocycles. The Bertz CT molecular complexity index is 1060. The Labute approximate surface area is 231 Å². The molecule has 4 nitrogen and oxygen atoms in total. The predicted octanol–water partition coefficient (Wildman–Crippen LogP) is 7.45. The first-order valence-corrected chi connectivity index (χ1v) is 15.3. The molecule has 5 aliphatic carbocycles. The average Bonchev–Trinajstić information content (AvgIpc) is 2.84. The number of allylic oxidation sites excluding steroid dienone is 2. The van der Waals surface area contributed by atoms with Crippen molar-refractivity contribution >= 4 is 11.8 Å². The van der Waals surface area contributed by atoms with Crippen LogP contribution in [0.4, 0.5) is 0 Å². The fraction of sp³-hybridized carbons (Fsp3) is 0.824. The first-order chi connectivity index (χ1) is 17.6. The largest absolute Gasteiger partial charge is 0.465 e. The Balaban J connectivity index is 1.54. The zero-order chi connectivity index (χ0) is 27.9. The fourth-order valence-electron chi connectivity index (χ4n) is 10.8. The smallest absolute Gasteiger partial charge is 0.311 e. The maximum atomic E-state index is 14.4. The van der Waals surface area contributed by atoms with Gasteiger partial charge in [-0.3, -0.25) is 9.59 Å². The van der Waals surface area contributed by atoms with E-state index in [1.165, 1.54) is 5.57 Å². The van der Waals surface area contributed by atoms with Crippen LogP contribution in [0.25, 0.3) is 0 Å². The van der Waals surface area contributed by atoms with E-state index in [0.717, 1.165) is 57.8 Å². The van der Waals surface area contributed by atoms with Crippen LogP contribution in [0.3, 0.4) is 0 Å². The minimum absolute atomic E-state index is 0.0162. The van der Waals surface area contributed by atoms with E-state index in [9.17, 15) is 14.7 Å². The van der Waals surface area contributed by atoms with E-state index < -0.39 is 5.41 Å². The lowest BCUT2D eigenvalue weighted by molar-refractivity contribution is -0.202. The van der Waals surface area contributed by atoms with Crippen molar-refractivity contribution in [1.29, 1.82) is 0 Å². The second kappa shape index (κ2) is 8.79. The van der Waals surface area contributed by atoms with Gasteiger partial charge in [-0.25, -0.2) is 0 Å². The van der Waals surface area contributed by atoms with Gasteiger partial charge >= 0.3 is 5.97 Å². The van der Waals surface area contributed by atoms with E-state index in [2.05, 4.69) is 61.1 Å². The second-order valence-electron chi connectivity index (χ2n) is 15.8. The van der Waals surface area contributed by atoms with Gasteiger partial charge in [0.15, 0.2) is 5.78 Å². The predicted molar refractivity (Wildman–Crippen MR) is 151 cm³/mol. The highest BCUT2D eigenvalue weighted by Gasteiger charge is 2.70. The van der Waals surface area contributed by atoms with Gasteiger partial charge in [0.05, 0.1) is 18.1 Å². The van der Waals surface area contributed by atoms with Gasteiger partial charge in [-0.1, -0.05) is 53.2 Å². The number of aliphatic hydroxyl groups excluding tert-OH is 1. The van der Waals surface area contributed by atoms with Gasteiger partial charge in [0.1, 0.15) is 0 Å². The summed E-state index contributed by atoms with van der Waals surface area (Å²) in [5.41, 5.74) is 0.478. The summed E-state index contributed by atoms with van der Waals surface area (Å²) in [6.07, 6.45) is 12.9. The molecular weight excluding hydrogens is 472 g/mol. The van der Waals surface area contributed by atoms with E-state index in [4.69, 9.17) is 4.74 Å². The summed E-state index contributed by atoms with van der Waals surface area (Å²) >= 11 is 0. The van der Waals surface area contributed by atoms with Gasteiger partial charge in [0.25, 0.3) is 0 Å². The summed E-state index contributed by atoms with van der Waals surface area (Å²) in [5, 5.41) is 10.9. The molecule has 4 heteroatoms. The molecule has 5 aliphatic rings. The van der Waals surface area contributed by atoms with E-state index in [1.54, 1.807) is 6.08 Å². The molecule has 0 amide bonds. The summed E-state index contributed by atoms with van der Waals surface area (Å²) in [6.45, 7) is 20.3. The van der Waals surface area contributed by atoms with Crippen LogP contribution in [0.2, 0.25) is 0 Å². The monoisotopic (exact) mass is 524 g/mol. The van der Waals surface area contributed by atoms with Crippen LogP contribution in [0.5, 0.6) is 0 Å². The van der Waals surface area contributed by atoms with E-state index in [-0.39, 0.29) is 51.0 Å². The van der Waals surface area contributed by atoms with E-state index >= 15 is 0 Å². The molecule has 0 unspecified atom stereocenters. The topological polar surface area (TPSA) is 63.6 Å². The number of rotatable bonds is 4. The molecule has 9 atom stereocenters. The number of fused-ring (bicyclic) bond motifs is 7. The van der Waals surface area contributed by atoms with E-state index in [1.807, 2.05) is 0 Å². The average molecular weight is 525 g/mol. The number of carbonyl (C=O) groups is 2. The molecule has 5 rings (SSSR count). The van der Waals surface area contributed by atoms with Crippen LogP contribution in [-0.4, -0.2) is 29.6 Å². The van der Waals surface area contributed by atoms with Gasteiger partial charge in [0, 0.05) is 5.92 Å². The molecule has 0 saturated heterocycles. The number of esters is 1. The lowest BCUT2D eigenvalue weighted by atomic mass is 9.33. The van der Waals surface area contributed by atoms with Crippen LogP contribution in [0.15, 0.2) is 24.3 Å². The Kier molecular flexibility index (Phi) is 6.50. The molecule has 4 saturated carbocycles. The van der Waals surface area contributed by atoms with Crippen molar-refractivity contribution in [2.75, 3.05) is 6.61 Å². The molecule has 0 bridgehead atoms. The third-order valence-corrected chi connectivity index (χ3v) is 13.6. The Morgan fingerprint density at radius 2 is 1.71 bits per heavy atom. The molecule has 1 N–H and O–H groups in total. The van der Waals surface area contributed by atoms with E-state index in [0.29, 0.717) is 24.7 Å². The van der Waals surface area contributed by atoms with Crippen LogP contribution in [-0.2, 0) is 14.3 Å². The highest BCUT2D eigenvalue weighted by molar-refractivity contribution is 5.95. The van der Waals surface area contributed by atoms with Gasteiger partial charge < -0.3 is 9.84 Å². The Hall–Kier alpha value is -1.42. The lowest BCUT2D eigenvalue weighted by Crippen LogP contribution is -2.66. The summed E-state index contributed by atoms with van der Waals surface area (Å²) in [7, 11) is 0. The number of hydrogen-bond donors (Lipinski definition) is 1. The summed E-state index contributed by atoms with van der Waals surface area (Å²) < 4.78 is 5.71. The van der Waals surface area contributed by atoms with Gasteiger partial charge in [-0.2, -0.15) is 0 Å².